The van der Waals surface area contributed by atoms with Gasteiger partial charge in [-0.3, -0.25) is 4.90 Å². The van der Waals surface area contributed by atoms with Crippen molar-refractivity contribution in [3.8, 4) is 34.0 Å². The molecule has 1 fully saturated rings. The third-order valence-electron chi connectivity index (χ3n) is 9.88. The molecule has 3 aromatic carbocycles. The minimum Gasteiger partial charge on any atom is -0.435 e. The van der Waals surface area contributed by atoms with Crippen LogP contribution in [0.2, 0.25) is 18.1 Å². The standard InChI is InChI=1S/C36H41F4N5O2Si/c1-35(2,3)48(6,7)47-31-13-9-12-30(31)44(4)20-22-16-28(36(38,39)40)32-29(17-22)42-34(46-32)24-11-8-10-23(18-24)26-15-14-25(37)19-27(26)33-43-41-21-45(33)5/h8,10-11,14-19,21,30-31H,9,12-13,20H2,1-7H3/t30-,31?/m1/s1. The van der Waals surface area contributed by atoms with Gasteiger partial charge in [-0.1, -0.05) is 39.0 Å². The van der Waals surface area contributed by atoms with Crippen molar-refractivity contribution in [1.82, 2.24) is 24.6 Å². The first-order valence-electron chi connectivity index (χ1n) is 16.2. The van der Waals surface area contributed by atoms with Gasteiger partial charge in [-0.15, -0.1) is 10.2 Å². The fourth-order valence-corrected chi connectivity index (χ4v) is 7.71. The predicted octanol–water partition coefficient (Wildman–Crippen LogP) is 9.49. The Morgan fingerprint density at radius 3 is 2.44 bits per heavy atom. The number of hydrogen-bond donors (Lipinski definition) is 0. The maximum atomic E-state index is 14.5. The summed E-state index contributed by atoms with van der Waals surface area (Å²) in [6.45, 7) is 11.4. The van der Waals surface area contributed by atoms with Crippen molar-refractivity contribution in [3.05, 3.63) is 77.9 Å². The number of nitrogens with zero attached hydrogens (tertiary/aromatic N) is 5. The number of hydrogen-bond acceptors (Lipinski definition) is 6. The average molecular weight is 680 g/mol. The first-order valence-corrected chi connectivity index (χ1v) is 19.1. The highest BCUT2D eigenvalue weighted by Gasteiger charge is 2.43. The molecule has 1 aliphatic carbocycles. The molecule has 7 nitrogen and oxygen atoms in total. The van der Waals surface area contributed by atoms with E-state index in [0.29, 0.717) is 40.2 Å². The number of halogens is 4. The van der Waals surface area contributed by atoms with Gasteiger partial charge in [0.25, 0.3) is 0 Å². The molecule has 48 heavy (non-hydrogen) atoms. The van der Waals surface area contributed by atoms with E-state index in [1.54, 1.807) is 41.9 Å². The summed E-state index contributed by atoms with van der Waals surface area (Å²) in [6.07, 6.45) is -0.184. The first-order chi connectivity index (χ1) is 22.5. The highest BCUT2D eigenvalue weighted by atomic mass is 28.4. The van der Waals surface area contributed by atoms with Crippen LogP contribution < -0.4 is 0 Å². The Labute approximate surface area is 279 Å². The second kappa shape index (κ2) is 12.5. The molecule has 5 aromatic rings. The van der Waals surface area contributed by atoms with Crippen molar-refractivity contribution in [2.75, 3.05) is 7.05 Å². The minimum absolute atomic E-state index is 0.0444. The second-order valence-electron chi connectivity index (χ2n) is 14.4. The zero-order chi connectivity index (χ0) is 34.6. The van der Waals surface area contributed by atoms with Crippen molar-refractivity contribution in [1.29, 1.82) is 0 Å². The molecule has 0 N–H and O–H groups in total. The molecule has 0 aliphatic heterocycles. The maximum Gasteiger partial charge on any atom is 0.420 e. The molecular formula is C36H41F4N5O2Si. The van der Waals surface area contributed by atoms with Crippen LogP contribution in [0.3, 0.4) is 0 Å². The third-order valence-corrected chi connectivity index (χ3v) is 14.4. The minimum atomic E-state index is -4.65. The van der Waals surface area contributed by atoms with Crippen LogP contribution in [-0.2, 0) is 24.2 Å². The van der Waals surface area contributed by atoms with Gasteiger partial charge in [0.05, 0.1) is 6.10 Å². The number of aryl methyl sites for hydroxylation is 1. The number of benzene rings is 3. The zero-order valence-corrected chi connectivity index (χ0v) is 29.3. The Hall–Kier alpha value is -3.87. The van der Waals surface area contributed by atoms with Crippen LogP contribution in [0.1, 0.15) is 51.2 Å². The van der Waals surface area contributed by atoms with Gasteiger partial charge in [0.1, 0.15) is 23.2 Å². The van der Waals surface area contributed by atoms with Crippen LogP contribution in [0.5, 0.6) is 0 Å². The monoisotopic (exact) mass is 679 g/mol. The molecular weight excluding hydrogens is 639 g/mol. The smallest absolute Gasteiger partial charge is 0.420 e. The fourth-order valence-electron chi connectivity index (χ4n) is 6.32. The summed E-state index contributed by atoms with van der Waals surface area (Å²) in [5.74, 6) is 0.0999. The van der Waals surface area contributed by atoms with Gasteiger partial charge in [-0.2, -0.15) is 13.2 Å². The first kappa shape index (κ1) is 34.0. The maximum absolute atomic E-state index is 14.5. The fraction of sp³-hybridized carbons (Fsp3) is 0.417. The molecule has 0 radical (unpaired) electrons. The Balaban J connectivity index is 1.33. The molecule has 6 rings (SSSR count). The molecule has 0 saturated heterocycles. The highest BCUT2D eigenvalue weighted by Crippen LogP contribution is 2.42. The average Bonchev–Trinajstić information content (AvgIpc) is 3.75. The Kier molecular flexibility index (Phi) is 8.88. The van der Waals surface area contributed by atoms with Crippen LogP contribution in [0.25, 0.3) is 45.1 Å². The number of rotatable bonds is 8. The summed E-state index contributed by atoms with van der Waals surface area (Å²) in [5, 5.41) is 8.12. The van der Waals surface area contributed by atoms with Gasteiger partial charge in [0.2, 0.25) is 5.89 Å². The highest BCUT2D eigenvalue weighted by molar-refractivity contribution is 6.74. The molecule has 1 aliphatic rings. The quantitative estimate of drug-likeness (QED) is 0.120. The zero-order valence-electron chi connectivity index (χ0n) is 28.3. The molecule has 2 aromatic heterocycles. The number of oxazole rings is 1. The van der Waals surface area contributed by atoms with E-state index in [1.807, 2.05) is 13.1 Å². The van der Waals surface area contributed by atoms with Crippen molar-refractivity contribution >= 4 is 19.4 Å². The molecule has 2 heterocycles. The Morgan fingerprint density at radius 2 is 1.75 bits per heavy atom. The molecule has 12 heteroatoms. The SMILES string of the molecule is CN(Cc1cc(C(F)(F)F)c2oc(-c3cccc(-c4ccc(F)cc4-c4nncn4C)c3)nc2c1)[C@@H]1CCCC1O[Si](C)(C)C(C)(C)C. The van der Waals surface area contributed by atoms with E-state index in [-0.39, 0.29) is 34.2 Å². The molecule has 0 bridgehead atoms. The van der Waals surface area contributed by atoms with Gasteiger partial charge in [-0.25, -0.2) is 9.37 Å². The van der Waals surface area contributed by atoms with E-state index in [2.05, 4.69) is 53.9 Å². The number of alkyl halides is 3. The van der Waals surface area contributed by atoms with Gasteiger partial charge < -0.3 is 13.4 Å². The van der Waals surface area contributed by atoms with E-state index in [0.717, 1.165) is 19.3 Å². The van der Waals surface area contributed by atoms with Gasteiger partial charge in [0.15, 0.2) is 19.7 Å². The molecule has 2 atom stereocenters. The number of fused-ring (bicyclic) bond motifs is 1. The Morgan fingerprint density at radius 1 is 1.00 bits per heavy atom. The van der Waals surface area contributed by atoms with E-state index in [9.17, 15) is 17.6 Å². The van der Waals surface area contributed by atoms with E-state index < -0.39 is 25.9 Å². The third kappa shape index (κ3) is 6.70. The molecule has 0 amide bonds. The number of aromatic nitrogens is 4. The van der Waals surface area contributed by atoms with Crippen LogP contribution in [-0.4, -0.2) is 52.2 Å². The molecule has 254 valence electrons. The van der Waals surface area contributed by atoms with E-state index in [1.165, 1.54) is 24.5 Å². The predicted molar refractivity (Wildman–Crippen MR) is 181 cm³/mol. The van der Waals surface area contributed by atoms with Crippen LogP contribution in [0.15, 0.2) is 65.3 Å². The van der Waals surface area contributed by atoms with Crippen LogP contribution >= 0.6 is 0 Å². The number of likely N-dealkylation sites (N-methyl/N-ethyl adjacent to an activating group) is 1. The lowest BCUT2D eigenvalue weighted by atomic mass is 9.97. The molecule has 0 spiro atoms. The summed E-state index contributed by atoms with van der Waals surface area (Å²) >= 11 is 0. The molecule has 1 saturated carbocycles. The van der Waals surface area contributed by atoms with E-state index in [4.69, 9.17) is 8.84 Å². The summed E-state index contributed by atoms with van der Waals surface area (Å²) in [5.41, 5.74) is 1.85. The van der Waals surface area contributed by atoms with Gasteiger partial charge in [0, 0.05) is 30.8 Å². The summed E-state index contributed by atoms with van der Waals surface area (Å²) < 4.78 is 72.1. The van der Waals surface area contributed by atoms with Crippen molar-refractivity contribution in [2.24, 2.45) is 7.05 Å². The normalized spacial score (nSPS) is 17.6. The van der Waals surface area contributed by atoms with Crippen LogP contribution in [0.4, 0.5) is 17.6 Å². The van der Waals surface area contributed by atoms with Crippen molar-refractivity contribution in [2.45, 2.75) is 83.0 Å². The lowest BCUT2D eigenvalue weighted by molar-refractivity contribution is -0.136. The largest absolute Gasteiger partial charge is 0.435 e. The lowest BCUT2D eigenvalue weighted by Gasteiger charge is -2.41. The summed E-state index contributed by atoms with van der Waals surface area (Å²) in [4.78, 5) is 6.68. The second-order valence-corrected chi connectivity index (χ2v) is 19.1. The van der Waals surface area contributed by atoms with Crippen LogP contribution in [0, 0.1) is 5.82 Å². The molecule has 1 unspecified atom stereocenters. The van der Waals surface area contributed by atoms with E-state index >= 15 is 0 Å². The summed E-state index contributed by atoms with van der Waals surface area (Å²) in [6, 6.07) is 14.4. The van der Waals surface area contributed by atoms with Crippen molar-refractivity contribution < 1.29 is 26.4 Å². The Bertz CT molecular complexity index is 1940. The van der Waals surface area contributed by atoms with Gasteiger partial charge >= 0.3 is 6.18 Å². The van der Waals surface area contributed by atoms with Gasteiger partial charge in [-0.05, 0) is 97.5 Å². The van der Waals surface area contributed by atoms with Crippen molar-refractivity contribution in [3.63, 3.8) is 0 Å². The summed E-state index contributed by atoms with van der Waals surface area (Å²) in [7, 11) is 1.70. The lowest BCUT2D eigenvalue weighted by Crippen LogP contribution is -2.48. The topological polar surface area (TPSA) is 69.2 Å².